The fraction of sp³-hybridized carbons (Fsp3) is 0.200. The van der Waals surface area contributed by atoms with E-state index in [1.165, 1.54) is 6.07 Å². The molecule has 0 heterocycles. The summed E-state index contributed by atoms with van der Waals surface area (Å²) in [6.07, 6.45) is -0.720. The molecule has 0 saturated carbocycles. The summed E-state index contributed by atoms with van der Waals surface area (Å²) in [7, 11) is -4.79. The smallest absolute Gasteiger partial charge is 0.407 e. The Bertz CT molecular complexity index is 1520. The number of carboxylic acid groups (broad SMARTS) is 1. The zero-order valence-corrected chi connectivity index (χ0v) is 21.9. The lowest BCUT2D eigenvalue weighted by atomic mass is 9.98. The fourth-order valence-corrected chi connectivity index (χ4v) is 4.83. The highest BCUT2D eigenvalue weighted by Crippen LogP contribution is 2.36. The van der Waals surface area contributed by atoms with Gasteiger partial charge in [-0.05, 0) is 50.1 Å². The lowest BCUT2D eigenvalue weighted by Crippen LogP contribution is -2.32. The average Bonchev–Trinajstić information content (AvgIpc) is 2.80. The molecule has 38 heavy (non-hydrogen) atoms. The van der Waals surface area contributed by atoms with Gasteiger partial charge in [0.1, 0.15) is 22.1 Å². The van der Waals surface area contributed by atoms with Gasteiger partial charge >= 0.3 is 12.1 Å². The van der Waals surface area contributed by atoms with E-state index in [0.29, 0.717) is 17.7 Å². The minimum atomic E-state index is -4.79. The first kappa shape index (κ1) is 28.7. The standard InChI is InChI=1S/C25H23ClF2N2O7S/c1-25(2,3)37-24(34)29-12-13-6-4-5-7-15(13)16-10-20(19(28)11-18(16)27)30-38(35,36)21-9-14(23(32)33)8-17(26)22(21)31/h4-11,30-31H,12H2,1-3H3,(H,29,34)(H,32,33). The number of carbonyl (C=O) groups excluding carboxylic acids is 1. The molecule has 9 nitrogen and oxygen atoms in total. The van der Waals surface area contributed by atoms with Crippen molar-refractivity contribution < 1.29 is 41.7 Å². The van der Waals surface area contributed by atoms with Crippen LogP contribution >= 0.6 is 11.6 Å². The largest absolute Gasteiger partial charge is 0.505 e. The van der Waals surface area contributed by atoms with E-state index in [0.717, 1.165) is 12.1 Å². The predicted molar refractivity (Wildman–Crippen MR) is 136 cm³/mol. The van der Waals surface area contributed by atoms with E-state index < -0.39 is 66.2 Å². The summed E-state index contributed by atoms with van der Waals surface area (Å²) in [6.45, 7) is 4.96. The summed E-state index contributed by atoms with van der Waals surface area (Å²) in [5.41, 5.74) is -1.54. The molecule has 0 spiro atoms. The third-order valence-electron chi connectivity index (χ3n) is 5.00. The molecule has 3 aromatic rings. The Hall–Kier alpha value is -3.90. The van der Waals surface area contributed by atoms with E-state index >= 15 is 0 Å². The molecule has 0 bridgehead atoms. The lowest BCUT2D eigenvalue weighted by molar-refractivity contribution is 0.0523. The maximum Gasteiger partial charge on any atom is 0.407 e. The number of aromatic carboxylic acids is 1. The maximum absolute atomic E-state index is 14.9. The highest BCUT2D eigenvalue weighted by molar-refractivity contribution is 7.92. The summed E-state index contributed by atoms with van der Waals surface area (Å²) in [5, 5.41) is 21.3. The molecule has 4 N–H and O–H groups in total. The lowest BCUT2D eigenvalue weighted by Gasteiger charge is -2.20. The summed E-state index contributed by atoms with van der Waals surface area (Å²) in [4.78, 5) is 22.4. The molecular formula is C25H23ClF2N2O7S. The van der Waals surface area contributed by atoms with E-state index in [1.54, 1.807) is 39.0 Å². The highest BCUT2D eigenvalue weighted by Gasteiger charge is 2.26. The van der Waals surface area contributed by atoms with Crippen LogP contribution in [0.3, 0.4) is 0 Å². The van der Waals surface area contributed by atoms with Gasteiger partial charge in [-0.2, -0.15) is 0 Å². The van der Waals surface area contributed by atoms with Gasteiger partial charge in [-0.1, -0.05) is 35.9 Å². The number of rotatable bonds is 7. The quantitative estimate of drug-likeness (QED) is 0.294. The predicted octanol–water partition coefficient (Wildman–Crippen LogP) is 5.51. The Balaban J connectivity index is 2.00. The third kappa shape index (κ3) is 6.69. The van der Waals surface area contributed by atoms with Gasteiger partial charge < -0.3 is 20.3 Å². The normalized spacial score (nSPS) is 11.6. The molecule has 0 aromatic heterocycles. The number of amides is 1. The first-order chi connectivity index (χ1) is 17.6. The highest BCUT2D eigenvalue weighted by atomic mass is 35.5. The van der Waals surface area contributed by atoms with Gasteiger partial charge in [0.2, 0.25) is 0 Å². The van der Waals surface area contributed by atoms with Gasteiger partial charge in [-0.15, -0.1) is 0 Å². The summed E-state index contributed by atoms with van der Waals surface area (Å²) in [5.74, 6) is -4.77. The summed E-state index contributed by atoms with van der Waals surface area (Å²) in [6, 6.07) is 9.11. The van der Waals surface area contributed by atoms with E-state index in [1.807, 2.05) is 4.72 Å². The van der Waals surface area contributed by atoms with Crippen LogP contribution in [0.25, 0.3) is 11.1 Å². The van der Waals surface area contributed by atoms with Crippen LogP contribution in [-0.2, 0) is 21.3 Å². The number of carboxylic acids is 1. The van der Waals surface area contributed by atoms with Crippen LogP contribution in [-0.4, -0.2) is 36.3 Å². The molecule has 0 atom stereocenters. The summed E-state index contributed by atoms with van der Waals surface area (Å²) < 4.78 is 62.5. The molecule has 13 heteroatoms. The third-order valence-corrected chi connectivity index (χ3v) is 6.66. The summed E-state index contributed by atoms with van der Waals surface area (Å²) >= 11 is 5.77. The van der Waals surface area contributed by atoms with Crippen molar-refractivity contribution in [1.82, 2.24) is 5.32 Å². The Morgan fingerprint density at radius 1 is 1.03 bits per heavy atom. The Kier molecular flexibility index (Phi) is 8.18. The molecule has 1 amide bonds. The van der Waals surface area contributed by atoms with Crippen LogP contribution in [0, 0.1) is 11.6 Å². The first-order valence-corrected chi connectivity index (χ1v) is 12.8. The van der Waals surface area contributed by atoms with Gasteiger partial charge in [0.15, 0.2) is 5.75 Å². The number of carbonyl (C=O) groups is 2. The van der Waals surface area contributed by atoms with E-state index in [-0.39, 0.29) is 17.7 Å². The van der Waals surface area contributed by atoms with Crippen molar-refractivity contribution in [2.24, 2.45) is 0 Å². The van der Waals surface area contributed by atoms with Crippen LogP contribution in [0.1, 0.15) is 36.7 Å². The van der Waals surface area contributed by atoms with Gasteiger partial charge in [-0.3, -0.25) is 4.72 Å². The molecule has 3 aromatic carbocycles. The Morgan fingerprint density at radius 3 is 2.32 bits per heavy atom. The minimum absolute atomic E-state index is 0.0860. The van der Waals surface area contributed by atoms with Crippen LogP contribution < -0.4 is 10.0 Å². The van der Waals surface area contributed by atoms with Crippen molar-refractivity contribution in [2.75, 3.05) is 4.72 Å². The molecule has 0 saturated heterocycles. The maximum atomic E-state index is 14.9. The van der Waals surface area contributed by atoms with Crippen molar-refractivity contribution in [3.05, 3.63) is 76.3 Å². The zero-order valence-electron chi connectivity index (χ0n) is 20.3. The SMILES string of the molecule is CC(C)(C)OC(=O)NCc1ccccc1-c1cc(NS(=O)(=O)c2cc(C(=O)O)cc(Cl)c2O)c(F)cc1F. The van der Waals surface area contributed by atoms with Gasteiger partial charge in [0.05, 0.1) is 16.3 Å². The van der Waals surface area contributed by atoms with Crippen LogP contribution in [0.2, 0.25) is 5.02 Å². The molecule has 202 valence electrons. The number of anilines is 1. The number of hydrogen-bond donors (Lipinski definition) is 4. The topological polar surface area (TPSA) is 142 Å². The van der Waals surface area contributed by atoms with Crippen LogP contribution in [0.15, 0.2) is 53.4 Å². The molecular weight excluding hydrogens is 546 g/mol. The number of phenols is 1. The zero-order chi connectivity index (χ0) is 28.4. The van der Waals surface area contributed by atoms with E-state index in [4.69, 9.17) is 16.3 Å². The van der Waals surface area contributed by atoms with Crippen molar-refractivity contribution in [3.63, 3.8) is 0 Å². The van der Waals surface area contributed by atoms with Gasteiger partial charge in [0, 0.05) is 18.2 Å². The molecule has 0 aliphatic heterocycles. The molecule has 0 unspecified atom stereocenters. The monoisotopic (exact) mass is 568 g/mol. The number of nitrogens with one attached hydrogen (secondary N) is 2. The van der Waals surface area contributed by atoms with Gasteiger partial charge in [0.25, 0.3) is 10.0 Å². The Labute approximate surface area is 222 Å². The molecule has 0 aliphatic rings. The number of halogens is 3. The number of phenolic OH excluding ortho intramolecular Hbond substituents is 1. The first-order valence-electron chi connectivity index (χ1n) is 10.9. The fourth-order valence-electron chi connectivity index (χ4n) is 3.35. The van der Waals surface area contributed by atoms with Crippen molar-refractivity contribution in [3.8, 4) is 16.9 Å². The number of ether oxygens (including phenoxy) is 1. The molecule has 3 rings (SSSR count). The Morgan fingerprint density at radius 2 is 1.68 bits per heavy atom. The number of aromatic hydroxyl groups is 1. The van der Waals surface area contributed by atoms with E-state index in [2.05, 4.69) is 5.32 Å². The number of alkyl carbamates (subject to hydrolysis) is 1. The second-order valence-electron chi connectivity index (χ2n) is 9.04. The van der Waals surface area contributed by atoms with Crippen molar-refractivity contribution in [2.45, 2.75) is 37.8 Å². The van der Waals surface area contributed by atoms with E-state index in [9.17, 15) is 37.0 Å². The number of benzene rings is 3. The molecule has 0 fully saturated rings. The minimum Gasteiger partial charge on any atom is -0.505 e. The molecule has 0 aliphatic carbocycles. The van der Waals surface area contributed by atoms with Crippen LogP contribution in [0.4, 0.5) is 19.3 Å². The second kappa shape index (κ2) is 10.8. The average molecular weight is 569 g/mol. The second-order valence-corrected chi connectivity index (χ2v) is 11.1. The number of sulfonamides is 1. The molecule has 0 radical (unpaired) electrons. The number of hydrogen-bond acceptors (Lipinski definition) is 6. The van der Waals surface area contributed by atoms with Crippen LogP contribution in [0.5, 0.6) is 5.75 Å². The van der Waals surface area contributed by atoms with Crippen molar-refractivity contribution in [1.29, 1.82) is 0 Å². The van der Waals surface area contributed by atoms with Gasteiger partial charge in [-0.25, -0.2) is 26.8 Å². The van der Waals surface area contributed by atoms with Crippen molar-refractivity contribution >= 4 is 39.4 Å².